The Labute approximate surface area is 113 Å². The molecule has 0 aliphatic rings. The van der Waals surface area contributed by atoms with Crippen LogP contribution in [0.1, 0.15) is 79.1 Å². The van der Waals surface area contributed by atoms with E-state index in [9.17, 15) is 4.79 Å². The number of unbranched alkanes of at least 4 members (excludes halogenated alkanes) is 1. The zero-order valence-electron chi connectivity index (χ0n) is 12.7. The van der Waals surface area contributed by atoms with Crippen LogP contribution in [0.5, 0.6) is 0 Å². The van der Waals surface area contributed by atoms with Crippen molar-refractivity contribution in [2.45, 2.75) is 79.1 Å². The number of carboxylic acid groups (broad SMARTS) is 1. The van der Waals surface area contributed by atoms with Crippen molar-refractivity contribution >= 4 is 5.97 Å². The Morgan fingerprint density at radius 1 is 0.944 bits per heavy atom. The molecule has 0 aliphatic heterocycles. The van der Waals surface area contributed by atoms with Gasteiger partial charge >= 0.3 is 5.97 Å². The van der Waals surface area contributed by atoms with E-state index >= 15 is 0 Å². The third kappa shape index (κ3) is 7.03. The highest BCUT2D eigenvalue weighted by Crippen LogP contribution is 2.29. The molecule has 0 aromatic heterocycles. The third-order valence-corrected chi connectivity index (χ3v) is 4.25. The minimum atomic E-state index is -0.613. The monoisotopic (exact) mass is 256 g/mol. The Bertz CT molecular complexity index is 213. The van der Waals surface area contributed by atoms with Crippen LogP contribution in [-0.4, -0.2) is 11.1 Å². The number of rotatable bonds is 11. The SMILES string of the molecule is CCCCC(CC)CC(CC)CC(CC)C(=O)O. The van der Waals surface area contributed by atoms with Gasteiger partial charge in [0, 0.05) is 0 Å². The van der Waals surface area contributed by atoms with Crippen LogP contribution in [0.2, 0.25) is 0 Å². The molecule has 0 aromatic carbocycles. The van der Waals surface area contributed by atoms with Crippen LogP contribution in [0.4, 0.5) is 0 Å². The van der Waals surface area contributed by atoms with E-state index < -0.39 is 5.97 Å². The highest BCUT2D eigenvalue weighted by molar-refractivity contribution is 5.69. The predicted molar refractivity (Wildman–Crippen MR) is 77.7 cm³/mol. The maximum atomic E-state index is 11.1. The maximum Gasteiger partial charge on any atom is 0.306 e. The summed E-state index contributed by atoms with van der Waals surface area (Å²) in [7, 11) is 0. The van der Waals surface area contributed by atoms with Gasteiger partial charge in [0.2, 0.25) is 0 Å². The quantitative estimate of drug-likeness (QED) is 0.557. The van der Waals surface area contributed by atoms with Gasteiger partial charge in [-0.25, -0.2) is 0 Å². The van der Waals surface area contributed by atoms with Crippen LogP contribution in [0.3, 0.4) is 0 Å². The third-order valence-electron chi connectivity index (χ3n) is 4.25. The van der Waals surface area contributed by atoms with Crippen molar-refractivity contribution in [1.29, 1.82) is 0 Å². The first-order chi connectivity index (χ1) is 8.58. The molecule has 2 heteroatoms. The molecule has 3 atom stereocenters. The van der Waals surface area contributed by atoms with Crippen LogP contribution in [-0.2, 0) is 4.79 Å². The Kier molecular flexibility index (Phi) is 10.1. The van der Waals surface area contributed by atoms with Gasteiger partial charge in [-0.05, 0) is 31.1 Å². The van der Waals surface area contributed by atoms with Gasteiger partial charge in [-0.1, -0.05) is 59.8 Å². The standard InChI is InChI=1S/C16H32O2/c1-5-9-10-13(6-2)11-14(7-3)12-15(8-4)16(17)18/h13-15H,5-12H2,1-4H3,(H,17,18). The molecule has 2 nitrogen and oxygen atoms in total. The number of hydrogen-bond acceptors (Lipinski definition) is 1. The largest absolute Gasteiger partial charge is 0.481 e. The molecule has 0 fully saturated rings. The molecule has 0 aliphatic carbocycles. The minimum absolute atomic E-state index is 0.140. The van der Waals surface area contributed by atoms with Crippen molar-refractivity contribution in [3.63, 3.8) is 0 Å². The Balaban J connectivity index is 4.25. The summed E-state index contributed by atoms with van der Waals surface area (Å²) >= 11 is 0. The average Bonchev–Trinajstić information content (AvgIpc) is 2.37. The van der Waals surface area contributed by atoms with Crippen LogP contribution in [0.15, 0.2) is 0 Å². The van der Waals surface area contributed by atoms with Crippen molar-refractivity contribution in [3.05, 3.63) is 0 Å². The van der Waals surface area contributed by atoms with E-state index in [0.29, 0.717) is 5.92 Å². The molecule has 0 spiro atoms. The molecule has 0 bridgehead atoms. The van der Waals surface area contributed by atoms with Gasteiger partial charge < -0.3 is 5.11 Å². The Morgan fingerprint density at radius 3 is 1.94 bits per heavy atom. The van der Waals surface area contributed by atoms with Crippen LogP contribution in [0, 0.1) is 17.8 Å². The summed E-state index contributed by atoms with van der Waals surface area (Å²) < 4.78 is 0. The summed E-state index contributed by atoms with van der Waals surface area (Å²) in [6.45, 7) is 8.69. The first kappa shape index (κ1) is 17.5. The van der Waals surface area contributed by atoms with E-state index in [2.05, 4.69) is 20.8 Å². The molecule has 0 saturated heterocycles. The second kappa shape index (κ2) is 10.4. The van der Waals surface area contributed by atoms with Crippen molar-refractivity contribution in [1.82, 2.24) is 0 Å². The lowest BCUT2D eigenvalue weighted by Crippen LogP contribution is -2.18. The zero-order valence-corrected chi connectivity index (χ0v) is 12.7. The van der Waals surface area contributed by atoms with E-state index in [4.69, 9.17) is 5.11 Å². The summed E-state index contributed by atoms with van der Waals surface area (Å²) in [6.07, 6.45) is 9.09. The Morgan fingerprint density at radius 2 is 1.56 bits per heavy atom. The zero-order chi connectivity index (χ0) is 14.0. The van der Waals surface area contributed by atoms with Gasteiger partial charge in [0.15, 0.2) is 0 Å². The fourth-order valence-corrected chi connectivity index (χ4v) is 2.73. The van der Waals surface area contributed by atoms with E-state index in [1.165, 1.54) is 32.1 Å². The fraction of sp³-hybridized carbons (Fsp3) is 0.938. The lowest BCUT2D eigenvalue weighted by Gasteiger charge is -2.24. The summed E-state index contributed by atoms with van der Waals surface area (Å²) in [5.74, 6) is 0.630. The highest BCUT2D eigenvalue weighted by Gasteiger charge is 2.21. The second-order valence-electron chi connectivity index (χ2n) is 5.61. The van der Waals surface area contributed by atoms with Gasteiger partial charge in [-0.2, -0.15) is 0 Å². The molecule has 0 radical (unpaired) electrons. The van der Waals surface area contributed by atoms with Crippen molar-refractivity contribution < 1.29 is 9.90 Å². The molecule has 0 saturated carbocycles. The van der Waals surface area contributed by atoms with Crippen LogP contribution in [0.25, 0.3) is 0 Å². The van der Waals surface area contributed by atoms with Gasteiger partial charge in [0.25, 0.3) is 0 Å². The van der Waals surface area contributed by atoms with E-state index in [1.54, 1.807) is 0 Å². The molecular formula is C16H32O2. The van der Waals surface area contributed by atoms with Crippen molar-refractivity contribution in [3.8, 4) is 0 Å². The summed E-state index contributed by atoms with van der Waals surface area (Å²) in [4.78, 5) is 11.1. The Hall–Kier alpha value is -0.530. The highest BCUT2D eigenvalue weighted by atomic mass is 16.4. The first-order valence-electron chi connectivity index (χ1n) is 7.81. The van der Waals surface area contributed by atoms with Crippen molar-refractivity contribution in [2.24, 2.45) is 17.8 Å². The summed E-state index contributed by atoms with van der Waals surface area (Å²) in [5.41, 5.74) is 0. The van der Waals surface area contributed by atoms with Gasteiger partial charge in [-0.3, -0.25) is 4.79 Å². The molecule has 0 heterocycles. The van der Waals surface area contributed by atoms with E-state index in [1.807, 2.05) is 6.92 Å². The fourth-order valence-electron chi connectivity index (χ4n) is 2.73. The minimum Gasteiger partial charge on any atom is -0.481 e. The smallest absolute Gasteiger partial charge is 0.306 e. The number of aliphatic carboxylic acids is 1. The second-order valence-corrected chi connectivity index (χ2v) is 5.61. The molecule has 0 aromatic rings. The first-order valence-corrected chi connectivity index (χ1v) is 7.81. The lowest BCUT2D eigenvalue weighted by molar-refractivity contribution is -0.142. The molecule has 3 unspecified atom stereocenters. The topological polar surface area (TPSA) is 37.3 Å². The maximum absolute atomic E-state index is 11.1. The van der Waals surface area contributed by atoms with Gasteiger partial charge in [0.1, 0.15) is 0 Å². The molecule has 0 rings (SSSR count). The van der Waals surface area contributed by atoms with Gasteiger partial charge in [0.05, 0.1) is 5.92 Å². The van der Waals surface area contributed by atoms with Gasteiger partial charge in [-0.15, -0.1) is 0 Å². The average molecular weight is 256 g/mol. The number of carboxylic acids is 1. The molecule has 108 valence electrons. The van der Waals surface area contributed by atoms with Crippen LogP contribution >= 0.6 is 0 Å². The molecule has 1 N–H and O–H groups in total. The van der Waals surface area contributed by atoms with Crippen LogP contribution < -0.4 is 0 Å². The van der Waals surface area contributed by atoms with Crippen molar-refractivity contribution in [2.75, 3.05) is 0 Å². The molecular weight excluding hydrogens is 224 g/mol. The normalized spacial score (nSPS) is 16.2. The number of carbonyl (C=O) groups is 1. The number of hydrogen-bond donors (Lipinski definition) is 1. The molecule has 18 heavy (non-hydrogen) atoms. The van der Waals surface area contributed by atoms with E-state index in [-0.39, 0.29) is 5.92 Å². The lowest BCUT2D eigenvalue weighted by atomic mass is 9.82. The predicted octanol–water partition coefficient (Wildman–Crippen LogP) is 5.12. The summed E-state index contributed by atoms with van der Waals surface area (Å²) in [5, 5.41) is 9.15. The van der Waals surface area contributed by atoms with E-state index in [0.717, 1.165) is 25.2 Å². The summed E-state index contributed by atoms with van der Waals surface area (Å²) in [6, 6.07) is 0. The molecule has 0 amide bonds.